The lowest BCUT2D eigenvalue weighted by molar-refractivity contribution is -0.128. The van der Waals surface area contributed by atoms with Crippen LogP contribution in [0.25, 0.3) is 6.08 Å². The van der Waals surface area contributed by atoms with E-state index >= 15 is 0 Å². The highest BCUT2D eigenvalue weighted by atomic mass is 16.6. The van der Waals surface area contributed by atoms with Gasteiger partial charge in [-0.25, -0.2) is 4.79 Å². The Morgan fingerprint density at radius 3 is 2.41 bits per heavy atom. The Labute approximate surface area is 159 Å². The van der Waals surface area contributed by atoms with Crippen LogP contribution in [0.1, 0.15) is 42.8 Å². The number of ether oxygens (including phenoxy) is 1. The molecule has 1 aliphatic heterocycles. The minimum Gasteiger partial charge on any atom is -0.450 e. The van der Waals surface area contributed by atoms with E-state index in [9.17, 15) is 14.9 Å². The van der Waals surface area contributed by atoms with Crippen LogP contribution in [0.5, 0.6) is 0 Å². The van der Waals surface area contributed by atoms with Crippen molar-refractivity contribution in [2.24, 2.45) is 0 Å². The van der Waals surface area contributed by atoms with Gasteiger partial charge in [0.25, 0.3) is 5.91 Å². The van der Waals surface area contributed by atoms with E-state index < -0.39 is 0 Å². The molecule has 7 heteroatoms. The average Bonchev–Trinajstić information content (AvgIpc) is 3.45. The third-order valence-electron chi connectivity index (χ3n) is 5.18. The number of amides is 2. The van der Waals surface area contributed by atoms with Crippen LogP contribution < -0.4 is 0 Å². The third-order valence-corrected chi connectivity index (χ3v) is 5.18. The van der Waals surface area contributed by atoms with E-state index in [0.717, 1.165) is 17.0 Å². The van der Waals surface area contributed by atoms with Gasteiger partial charge in [0, 0.05) is 43.6 Å². The second-order valence-corrected chi connectivity index (χ2v) is 7.08. The number of hydrogen-bond acceptors (Lipinski definition) is 4. The van der Waals surface area contributed by atoms with Crippen LogP contribution in [0, 0.1) is 25.2 Å². The molecule has 27 heavy (non-hydrogen) atoms. The fraction of sp³-hybridized carbons (Fsp3) is 0.550. The zero-order valence-electron chi connectivity index (χ0n) is 16.2. The number of nitriles is 1. The number of aryl methyl sites for hydroxylation is 1. The van der Waals surface area contributed by atoms with Gasteiger partial charge in [0.2, 0.25) is 0 Å². The highest BCUT2D eigenvalue weighted by molar-refractivity contribution is 6.02. The minimum atomic E-state index is -0.354. The van der Waals surface area contributed by atoms with E-state index in [4.69, 9.17) is 4.74 Å². The smallest absolute Gasteiger partial charge is 0.409 e. The molecule has 0 bridgehead atoms. The monoisotopic (exact) mass is 370 g/mol. The Hall–Kier alpha value is -2.75. The number of aromatic nitrogens is 1. The quantitative estimate of drug-likeness (QED) is 0.603. The largest absolute Gasteiger partial charge is 0.450 e. The molecule has 0 unspecified atom stereocenters. The van der Waals surface area contributed by atoms with E-state index in [2.05, 4.69) is 17.6 Å². The van der Waals surface area contributed by atoms with Crippen molar-refractivity contribution >= 4 is 18.1 Å². The van der Waals surface area contributed by atoms with E-state index in [0.29, 0.717) is 38.8 Å². The number of carbonyl (C=O) groups is 2. The number of piperazine rings is 1. The summed E-state index contributed by atoms with van der Waals surface area (Å²) in [5, 5.41) is 9.53. The molecule has 0 radical (unpaired) electrons. The molecule has 1 aromatic rings. The van der Waals surface area contributed by atoms with Crippen molar-refractivity contribution in [1.82, 2.24) is 14.4 Å². The molecule has 0 atom stereocenters. The van der Waals surface area contributed by atoms with E-state index in [1.165, 1.54) is 12.8 Å². The Balaban J connectivity index is 1.70. The summed E-state index contributed by atoms with van der Waals surface area (Å²) < 4.78 is 7.29. The van der Waals surface area contributed by atoms with Gasteiger partial charge in [0.05, 0.1) is 6.61 Å². The van der Waals surface area contributed by atoms with Crippen molar-refractivity contribution in [2.45, 2.75) is 39.7 Å². The van der Waals surface area contributed by atoms with Gasteiger partial charge in [-0.05, 0) is 51.3 Å². The van der Waals surface area contributed by atoms with Crippen molar-refractivity contribution < 1.29 is 14.3 Å². The Kier molecular flexibility index (Phi) is 5.54. The third kappa shape index (κ3) is 4.00. The maximum absolute atomic E-state index is 12.8. The number of rotatable bonds is 4. The maximum atomic E-state index is 12.8. The molecule has 1 saturated carbocycles. The summed E-state index contributed by atoms with van der Waals surface area (Å²) in [7, 11) is 0. The van der Waals surface area contributed by atoms with Gasteiger partial charge < -0.3 is 19.1 Å². The highest BCUT2D eigenvalue weighted by Crippen LogP contribution is 2.38. The molecule has 2 fully saturated rings. The van der Waals surface area contributed by atoms with Gasteiger partial charge in [0.1, 0.15) is 11.6 Å². The molecule has 144 valence electrons. The number of hydrogen-bond donors (Lipinski definition) is 0. The fourth-order valence-electron chi connectivity index (χ4n) is 3.62. The van der Waals surface area contributed by atoms with Gasteiger partial charge in [-0.2, -0.15) is 5.26 Å². The number of nitrogens with zero attached hydrogens (tertiary/aromatic N) is 4. The lowest BCUT2D eigenvalue weighted by Gasteiger charge is -2.33. The summed E-state index contributed by atoms with van der Waals surface area (Å²) in [6.45, 7) is 7.83. The predicted octanol–water partition coefficient (Wildman–Crippen LogP) is 2.65. The van der Waals surface area contributed by atoms with Crippen LogP contribution in [0.3, 0.4) is 0 Å². The lowest BCUT2D eigenvalue weighted by Crippen LogP contribution is -2.51. The van der Waals surface area contributed by atoms with E-state index in [-0.39, 0.29) is 17.6 Å². The molecule has 7 nitrogen and oxygen atoms in total. The SMILES string of the molecule is CCOC(=O)N1CCN(C(=O)/C(C#N)=C/c2cc(C)n(C3CC3)c2C)CC1. The molecule has 2 aliphatic rings. The zero-order chi connectivity index (χ0) is 19.6. The normalized spacial score (nSPS) is 17.6. The first kappa shape index (κ1) is 19.0. The van der Waals surface area contributed by atoms with Crippen LogP contribution in [-0.2, 0) is 9.53 Å². The molecular formula is C20H26N4O3. The summed E-state index contributed by atoms with van der Waals surface area (Å²) in [4.78, 5) is 27.8. The first-order chi connectivity index (χ1) is 13.0. The Morgan fingerprint density at radius 1 is 1.22 bits per heavy atom. The van der Waals surface area contributed by atoms with Crippen LogP contribution in [0.4, 0.5) is 4.79 Å². The summed E-state index contributed by atoms with van der Waals surface area (Å²) in [5.41, 5.74) is 3.32. The van der Waals surface area contributed by atoms with Crippen molar-refractivity contribution in [2.75, 3.05) is 32.8 Å². The lowest BCUT2D eigenvalue weighted by atomic mass is 10.1. The topological polar surface area (TPSA) is 78.6 Å². The summed E-state index contributed by atoms with van der Waals surface area (Å²) >= 11 is 0. The molecule has 1 aliphatic carbocycles. The second-order valence-electron chi connectivity index (χ2n) is 7.08. The first-order valence-corrected chi connectivity index (χ1v) is 9.47. The van der Waals surface area contributed by atoms with Crippen LogP contribution in [0.15, 0.2) is 11.6 Å². The first-order valence-electron chi connectivity index (χ1n) is 9.47. The van der Waals surface area contributed by atoms with Crippen molar-refractivity contribution in [3.63, 3.8) is 0 Å². The van der Waals surface area contributed by atoms with Gasteiger partial charge in [-0.15, -0.1) is 0 Å². The second kappa shape index (κ2) is 7.87. The van der Waals surface area contributed by atoms with Crippen LogP contribution in [0.2, 0.25) is 0 Å². The Bertz CT molecular complexity index is 806. The van der Waals surface area contributed by atoms with Crippen LogP contribution >= 0.6 is 0 Å². The minimum absolute atomic E-state index is 0.135. The molecule has 0 spiro atoms. The molecule has 1 saturated heterocycles. The van der Waals surface area contributed by atoms with Gasteiger partial charge in [0.15, 0.2) is 0 Å². The summed E-state index contributed by atoms with van der Waals surface area (Å²) in [5.74, 6) is -0.280. The standard InChI is InChI=1S/C20H26N4O3/c1-4-27-20(26)23-9-7-22(8-10-23)19(25)17(13-21)12-16-11-14(2)24(15(16)3)18-5-6-18/h11-12,18H,4-10H2,1-3H3/b17-12+. The molecule has 2 heterocycles. The van der Waals surface area contributed by atoms with E-state index in [1.54, 1.807) is 22.8 Å². The molecule has 1 aromatic heterocycles. The summed E-state index contributed by atoms with van der Waals surface area (Å²) in [6, 6.07) is 4.66. The average molecular weight is 370 g/mol. The van der Waals surface area contributed by atoms with Gasteiger partial charge in [-0.3, -0.25) is 4.79 Å². The van der Waals surface area contributed by atoms with Crippen molar-refractivity contribution in [3.05, 3.63) is 28.6 Å². The highest BCUT2D eigenvalue weighted by Gasteiger charge is 2.28. The van der Waals surface area contributed by atoms with E-state index in [1.807, 2.05) is 13.0 Å². The van der Waals surface area contributed by atoms with Crippen molar-refractivity contribution in [1.29, 1.82) is 5.26 Å². The van der Waals surface area contributed by atoms with Gasteiger partial charge in [-0.1, -0.05) is 0 Å². The molecule has 0 N–H and O–H groups in total. The van der Waals surface area contributed by atoms with Crippen LogP contribution in [-0.4, -0.2) is 59.2 Å². The summed E-state index contributed by atoms with van der Waals surface area (Å²) in [6.07, 6.45) is 3.72. The Morgan fingerprint density at radius 2 is 1.85 bits per heavy atom. The van der Waals surface area contributed by atoms with Gasteiger partial charge >= 0.3 is 6.09 Å². The predicted molar refractivity (Wildman–Crippen MR) is 101 cm³/mol. The zero-order valence-corrected chi connectivity index (χ0v) is 16.2. The van der Waals surface area contributed by atoms with Crippen molar-refractivity contribution in [3.8, 4) is 6.07 Å². The molecule has 0 aromatic carbocycles. The maximum Gasteiger partial charge on any atom is 0.409 e. The molecule has 2 amide bonds. The molecule has 3 rings (SSSR count). The molecular weight excluding hydrogens is 344 g/mol. The number of carbonyl (C=O) groups excluding carboxylic acids is 2. The fourth-order valence-corrected chi connectivity index (χ4v) is 3.62.